The third kappa shape index (κ3) is 11.5. The maximum Gasteiger partial charge on any atom is 0.408 e. The van der Waals surface area contributed by atoms with Gasteiger partial charge in [-0.1, -0.05) is 6.07 Å². The highest BCUT2D eigenvalue weighted by Gasteiger charge is 2.21. The summed E-state index contributed by atoms with van der Waals surface area (Å²) in [6, 6.07) is 2.93. The zero-order valence-corrected chi connectivity index (χ0v) is 19.9. The molecule has 0 bridgehead atoms. The van der Waals surface area contributed by atoms with Gasteiger partial charge in [-0.25, -0.2) is 4.79 Å². The van der Waals surface area contributed by atoms with Crippen LogP contribution in [0.1, 0.15) is 52.8 Å². The molecule has 1 atom stereocenters. The van der Waals surface area contributed by atoms with Crippen molar-refractivity contribution in [1.82, 2.24) is 26.5 Å². The van der Waals surface area contributed by atoms with Crippen LogP contribution in [0.3, 0.4) is 0 Å². The Morgan fingerprint density at radius 3 is 2.39 bits per heavy atom. The quantitative estimate of drug-likeness (QED) is 0.264. The van der Waals surface area contributed by atoms with Gasteiger partial charge in [0.1, 0.15) is 11.6 Å². The molecule has 31 heavy (non-hydrogen) atoms. The summed E-state index contributed by atoms with van der Waals surface area (Å²) in [5.74, 6) is -1.15. The third-order valence-corrected chi connectivity index (χ3v) is 4.07. The molecule has 1 rings (SSSR count). The van der Waals surface area contributed by atoms with E-state index in [9.17, 15) is 9.59 Å². The number of hydrogen-bond donors (Lipinski definition) is 4. The molecular formula is C20H33N5O5S. The lowest BCUT2D eigenvalue weighted by atomic mass is 10.2. The lowest BCUT2D eigenvalue weighted by Crippen LogP contribution is -2.53. The van der Waals surface area contributed by atoms with E-state index >= 15 is 0 Å². The van der Waals surface area contributed by atoms with Gasteiger partial charge >= 0.3 is 6.09 Å². The predicted octanol–water partition coefficient (Wildman–Crippen LogP) is 1.89. The Morgan fingerprint density at radius 1 is 1.16 bits per heavy atom. The van der Waals surface area contributed by atoms with Crippen LogP contribution in [0.25, 0.3) is 0 Å². The minimum absolute atomic E-state index is 0.215. The minimum atomic E-state index is -0.813. The van der Waals surface area contributed by atoms with Crippen molar-refractivity contribution in [2.45, 2.75) is 72.1 Å². The van der Waals surface area contributed by atoms with Gasteiger partial charge in [-0.3, -0.25) is 20.6 Å². The van der Waals surface area contributed by atoms with E-state index in [-0.39, 0.29) is 5.11 Å². The Bertz CT molecular complexity index is 749. The zero-order chi connectivity index (χ0) is 23.7. The van der Waals surface area contributed by atoms with Crippen molar-refractivity contribution >= 4 is 29.3 Å². The maximum absolute atomic E-state index is 12.1. The number of alkyl carbamates (subject to hydrolysis) is 1. The van der Waals surface area contributed by atoms with E-state index < -0.39 is 29.4 Å². The lowest BCUT2D eigenvalue weighted by Gasteiger charge is -2.23. The van der Waals surface area contributed by atoms with Crippen LogP contribution < -0.4 is 21.5 Å². The van der Waals surface area contributed by atoms with E-state index in [1.54, 1.807) is 34.1 Å². The number of hydrogen-bond acceptors (Lipinski definition) is 7. The summed E-state index contributed by atoms with van der Waals surface area (Å²) < 4.78 is 15.9. The summed E-state index contributed by atoms with van der Waals surface area (Å²) >= 11 is 5.14. The molecule has 0 aliphatic heterocycles. The van der Waals surface area contributed by atoms with E-state index in [0.717, 1.165) is 11.3 Å². The summed E-state index contributed by atoms with van der Waals surface area (Å²) in [7, 11) is 1.58. The summed E-state index contributed by atoms with van der Waals surface area (Å²) in [4.78, 5) is 28.1. The molecule has 0 saturated heterocycles. The molecular weight excluding hydrogens is 422 g/mol. The van der Waals surface area contributed by atoms with Crippen LogP contribution in [0.15, 0.2) is 18.3 Å². The van der Waals surface area contributed by atoms with Crippen molar-refractivity contribution in [3.05, 3.63) is 29.6 Å². The number of ether oxygens (including phenoxy) is 3. The van der Waals surface area contributed by atoms with Gasteiger partial charge in [0.05, 0.1) is 12.3 Å². The summed E-state index contributed by atoms with van der Waals surface area (Å²) in [5.41, 5.74) is 6.03. The van der Waals surface area contributed by atoms with Crippen LogP contribution in [-0.4, -0.2) is 46.6 Å². The Kier molecular flexibility index (Phi) is 10.1. The Labute approximate surface area is 188 Å². The number of aromatic nitrogens is 1. The number of thiocarbonyl (C=S) groups is 1. The number of hydrazine groups is 1. The van der Waals surface area contributed by atoms with Gasteiger partial charge < -0.3 is 24.8 Å². The van der Waals surface area contributed by atoms with Crippen molar-refractivity contribution in [3.8, 4) is 0 Å². The second-order valence-electron chi connectivity index (χ2n) is 8.22. The van der Waals surface area contributed by atoms with E-state index in [2.05, 4.69) is 26.5 Å². The Morgan fingerprint density at radius 2 is 1.84 bits per heavy atom. The van der Waals surface area contributed by atoms with Crippen molar-refractivity contribution < 1.29 is 23.8 Å². The molecule has 0 spiro atoms. The molecule has 1 aromatic heterocycles. The highest BCUT2D eigenvalue weighted by Crippen LogP contribution is 2.12. The monoisotopic (exact) mass is 455 g/mol. The van der Waals surface area contributed by atoms with Gasteiger partial charge in [0, 0.05) is 19.9 Å². The van der Waals surface area contributed by atoms with Crippen LogP contribution in [0, 0.1) is 0 Å². The standard InChI is InChI=1S/C20H33N5O5S/c1-13(23-18(27)30-19(2,3)4)16(26)24-25-17(31)22-11-14-8-9-15(21-10-14)12-29-20(5,6)28-7/h8-10,13H,11-12H2,1-7H3,(H,23,27)(H,24,26)(H2,22,25,31)/t13-/m0/s1. The Hall–Kier alpha value is -2.50. The average molecular weight is 456 g/mol. The molecule has 0 fully saturated rings. The molecule has 10 nitrogen and oxygen atoms in total. The molecule has 0 aliphatic rings. The number of methoxy groups -OCH3 is 1. The van der Waals surface area contributed by atoms with Crippen LogP contribution in [0.2, 0.25) is 0 Å². The fourth-order valence-electron chi connectivity index (χ4n) is 1.95. The van der Waals surface area contributed by atoms with Gasteiger partial charge in [0.15, 0.2) is 10.9 Å². The average Bonchev–Trinajstić information content (AvgIpc) is 2.68. The SMILES string of the molecule is COC(C)(C)OCc1ccc(CNC(=S)NNC(=O)[C@H](C)NC(=O)OC(C)(C)C)cn1. The van der Waals surface area contributed by atoms with Gasteiger partial charge in [0.25, 0.3) is 5.91 Å². The van der Waals surface area contributed by atoms with Gasteiger partial charge in [-0.2, -0.15) is 0 Å². The summed E-state index contributed by atoms with van der Waals surface area (Å²) in [6.45, 7) is 11.1. The second-order valence-corrected chi connectivity index (χ2v) is 8.62. The molecule has 1 aromatic rings. The van der Waals surface area contributed by atoms with Crippen LogP contribution in [-0.2, 0) is 32.2 Å². The highest BCUT2D eigenvalue weighted by atomic mass is 32.1. The topological polar surface area (TPSA) is 123 Å². The Balaban J connectivity index is 2.35. The van der Waals surface area contributed by atoms with Gasteiger partial charge in [-0.15, -0.1) is 0 Å². The van der Waals surface area contributed by atoms with Crippen molar-refractivity contribution in [1.29, 1.82) is 0 Å². The smallest absolute Gasteiger partial charge is 0.408 e. The van der Waals surface area contributed by atoms with Crippen molar-refractivity contribution in [2.75, 3.05) is 7.11 Å². The molecule has 0 aromatic carbocycles. The molecule has 11 heteroatoms. The number of nitrogens with one attached hydrogen (secondary N) is 4. The zero-order valence-electron chi connectivity index (χ0n) is 19.1. The predicted molar refractivity (Wildman–Crippen MR) is 120 cm³/mol. The van der Waals surface area contributed by atoms with E-state index in [1.165, 1.54) is 6.92 Å². The van der Waals surface area contributed by atoms with Crippen LogP contribution in [0.4, 0.5) is 4.79 Å². The fourth-order valence-corrected chi connectivity index (χ4v) is 2.08. The molecule has 0 saturated carbocycles. The molecule has 2 amide bonds. The summed E-state index contributed by atoms with van der Waals surface area (Å²) in [6.07, 6.45) is 1.03. The number of rotatable bonds is 8. The van der Waals surface area contributed by atoms with Gasteiger partial charge in [-0.05, 0) is 65.4 Å². The molecule has 0 radical (unpaired) electrons. The van der Waals surface area contributed by atoms with E-state index in [0.29, 0.717) is 13.2 Å². The molecule has 0 unspecified atom stereocenters. The molecule has 174 valence electrons. The number of pyridine rings is 1. The first kappa shape index (κ1) is 26.5. The fraction of sp³-hybridized carbons (Fsp3) is 0.600. The van der Waals surface area contributed by atoms with E-state index in [4.69, 9.17) is 26.4 Å². The highest BCUT2D eigenvalue weighted by molar-refractivity contribution is 7.80. The first-order chi connectivity index (χ1) is 14.3. The lowest BCUT2D eigenvalue weighted by molar-refractivity contribution is -0.204. The first-order valence-corrected chi connectivity index (χ1v) is 10.2. The molecule has 1 heterocycles. The number of carbonyl (C=O) groups excluding carboxylic acids is 2. The second kappa shape index (κ2) is 11.8. The minimum Gasteiger partial charge on any atom is -0.444 e. The van der Waals surface area contributed by atoms with E-state index in [1.807, 2.05) is 26.0 Å². The largest absolute Gasteiger partial charge is 0.444 e. The number of carbonyl (C=O) groups is 2. The van der Waals surface area contributed by atoms with Crippen molar-refractivity contribution in [2.24, 2.45) is 0 Å². The summed E-state index contributed by atoms with van der Waals surface area (Å²) in [5, 5.41) is 5.61. The van der Waals surface area contributed by atoms with Crippen molar-refractivity contribution in [3.63, 3.8) is 0 Å². The normalized spacial score (nSPS) is 12.5. The maximum atomic E-state index is 12.1. The first-order valence-electron chi connectivity index (χ1n) is 9.77. The number of nitrogens with zero attached hydrogens (tertiary/aromatic N) is 1. The van der Waals surface area contributed by atoms with Crippen LogP contribution >= 0.6 is 12.2 Å². The third-order valence-electron chi connectivity index (χ3n) is 3.82. The van der Waals surface area contributed by atoms with Crippen LogP contribution in [0.5, 0.6) is 0 Å². The van der Waals surface area contributed by atoms with Gasteiger partial charge in [0.2, 0.25) is 0 Å². The molecule has 4 N–H and O–H groups in total. The number of amides is 2. The molecule has 0 aliphatic carbocycles.